The molecule has 0 saturated heterocycles. The van der Waals surface area contributed by atoms with Gasteiger partial charge in [0.15, 0.2) is 0 Å². The minimum atomic E-state index is 0.968. The molecule has 0 bridgehead atoms. The Hall–Kier alpha value is -8.72. The average Bonchev–Trinajstić information content (AvgIpc) is 3.76. The van der Waals surface area contributed by atoms with Gasteiger partial charge in [-0.25, -0.2) is 0 Å². The molecule has 320 valence electrons. The minimum Gasteiger partial charge on any atom is -0.355 e. The van der Waals surface area contributed by atoms with E-state index in [1.165, 1.54) is 110 Å². The summed E-state index contributed by atoms with van der Waals surface area (Å²) in [7, 11) is 0. The van der Waals surface area contributed by atoms with Crippen molar-refractivity contribution in [3.8, 4) is 61.3 Å². The highest BCUT2D eigenvalue weighted by Gasteiger charge is 2.26. The summed E-state index contributed by atoms with van der Waals surface area (Å²) in [5.74, 6) is 0. The van der Waals surface area contributed by atoms with Crippen molar-refractivity contribution in [3.63, 3.8) is 0 Å². The average molecular weight is 867 g/mol. The molecule has 13 rings (SSSR count). The number of fused-ring (bicyclic) bond motifs is 10. The van der Waals surface area contributed by atoms with E-state index in [0.717, 1.165) is 29.9 Å². The first-order chi connectivity index (χ1) is 33.7. The highest BCUT2D eigenvalue weighted by Crippen LogP contribution is 2.50. The Kier molecular flexibility index (Phi) is 9.68. The first kappa shape index (κ1) is 39.6. The molecule has 2 heteroatoms. The SMILES string of the molecule is C1=Cc2c(cc(-c3cc(-c4ccccc4)ccc3Nc3ccc(-c4ccccc4)cc3)c3c4ccccc4c4c5cc(-c6ccccc6)ccc5n(-c5ccc(-c6ccccc6)cc5)c4c23)CC1. The Bertz CT molecular complexity index is 3870. The number of nitrogens with zero attached hydrogens (tertiary/aromatic N) is 1. The van der Waals surface area contributed by atoms with Crippen molar-refractivity contribution in [1.82, 2.24) is 4.57 Å². The van der Waals surface area contributed by atoms with Gasteiger partial charge in [-0.15, -0.1) is 0 Å². The standard InChI is InChI=1S/C66H46N2/c1-5-17-44(18-6-1)48-29-35-53(36-30-48)67-61-39-33-50(46-21-9-3-10-22-46)41-58(61)59-43-52-25-13-14-26-55(52)65-63(59)56-27-15-16-28-57(56)64-60-42-51(47-23-11-4-12-24-47)34-40-62(60)68(66(64)65)54-37-31-49(32-38-54)45-19-7-2-8-20-45/h1-12,14-24,26-43,67H,13,25H2. The van der Waals surface area contributed by atoms with Crippen LogP contribution in [0, 0.1) is 0 Å². The molecule has 0 fully saturated rings. The van der Waals surface area contributed by atoms with Gasteiger partial charge in [0, 0.05) is 44.2 Å². The zero-order chi connectivity index (χ0) is 45.0. The van der Waals surface area contributed by atoms with Crippen molar-refractivity contribution in [1.29, 1.82) is 0 Å². The van der Waals surface area contributed by atoms with Gasteiger partial charge in [-0.05, 0) is 139 Å². The highest BCUT2D eigenvalue weighted by molar-refractivity contribution is 6.36. The van der Waals surface area contributed by atoms with E-state index in [1.807, 2.05) is 0 Å². The Labute approximate surface area is 396 Å². The number of hydrogen-bond acceptors (Lipinski definition) is 1. The van der Waals surface area contributed by atoms with Crippen molar-refractivity contribution >= 4 is 60.8 Å². The number of rotatable bonds is 8. The van der Waals surface area contributed by atoms with Gasteiger partial charge in [-0.1, -0.05) is 194 Å². The van der Waals surface area contributed by atoms with Crippen molar-refractivity contribution < 1.29 is 0 Å². The lowest BCUT2D eigenvalue weighted by atomic mass is 9.83. The fourth-order valence-electron chi connectivity index (χ4n) is 10.8. The first-order valence-corrected chi connectivity index (χ1v) is 23.7. The van der Waals surface area contributed by atoms with Crippen LogP contribution in [-0.4, -0.2) is 4.57 Å². The minimum absolute atomic E-state index is 0.968. The number of hydrogen-bond donors (Lipinski definition) is 1. The molecular weight excluding hydrogens is 821 g/mol. The predicted molar refractivity (Wildman–Crippen MR) is 290 cm³/mol. The Morgan fingerprint density at radius 1 is 0.368 bits per heavy atom. The molecule has 1 aromatic heterocycles. The number of aromatic nitrogens is 1. The third kappa shape index (κ3) is 6.81. The first-order valence-electron chi connectivity index (χ1n) is 23.7. The van der Waals surface area contributed by atoms with Crippen LogP contribution in [0.5, 0.6) is 0 Å². The van der Waals surface area contributed by atoms with Crippen molar-refractivity contribution in [2.75, 3.05) is 5.32 Å². The number of benzene rings is 11. The summed E-state index contributed by atoms with van der Waals surface area (Å²) in [5, 5.41) is 11.5. The third-order valence-corrected chi connectivity index (χ3v) is 14.0. The summed E-state index contributed by atoms with van der Waals surface area (Å²) in [4.78, 5) is 0. The van der Waals surface area contributed by atoms with Crippen LogP contribution < -0.4 is 5.32 Å². The molecule has 0 atom stereocenters. The normalized spacial score (nSPS) is 12.2. The van der Waals surface area contributed by atoms with Crippen LogP contribution in [-0.2, 0) is 6.42 Å². The molecule has 0 saturated carbocycles. The lowest BCUT2D eigenvalue weighted by molar-refractivity contribution is 0.990. The van der Waals surface area contributed by atoms with Gasteiger partial charge in [0.05, 0.1) is 11.0 Å². The lowest BCUT2D eigenvalue weighted by Gasteiger charge is -2.23. The van der Waals surface area contributed by atoms with Crippen molar-refractivity contribution in [3.05, 3.63) is 254 Å². The lowest BCUT2D eigenvalue weighted by Crippen LogP contribution is -2.02. The maximum absolute atomic E-state index is 3.94. The Morgan fingerprint density at radius 2 is 0.868 bits per heavy atom. The zero-order valence-corrected chi connectivity index (χ0v) is 37.5. The summed E-state index contributed by atoms with van der Waals surface area (Å²) in [6.07, 6.45) is 6.75. The van der Waals surface area contributed by atoms with Crippen LogP contribution in [0.25, 0.3) is 111 Å². The summed E-state index contributed by atoms with van der Waals surface area (Å²) < 4.78 is 2.56. The fraction of sp³-hybridized carbons (Fsp3) is 0.0303. The maximum Gasteiger partial charge on any atom is 0.0632 e. The van der Waals surface area contributed by atoms with E-state index >= 15 is 0 Å². The molecule has 1 heterocycles. The van der Waals surface area contributed by atoms with Crippen molar-refractivity contribution in [2.45, 2.75) is 12.8 Å². The Morgan fingerprint density at radius 3 is 1.49 bits per heavy atom. The van der Waals surface area contributed by atoms with E-state index in [4.69, 9.17) is 0 Å². The second-order valence-electron chi connectivity index (χ2n) is 18.0. The van der Waals surface area contributed by atoms with E-state index in [0.29, 0.717) is 0 Å². The van der Waals surface area contributed by atoms with Crippen LogP contribution >= 0.6 is 0 Å². The molecule has 2 nitrogen and oxygen atoms in total. The van der Waals surface area contributed by atoms with Gasteiger partial charge in [-0.3, -0.25) is 0 Å². The molecule has 1 aliphatic carbocycles. The largest absolute Gasteiger partial charge is 0.355 e. The molecule has 0 amide bonds. The fourth-order valence-corrected chi connectivity index (χ4v) is 10.8. The molecule has 12 aromatic rings. The van der Waals surface area contributed by atoms with Crippen LogP contribution in [0.2, 0.25) is 0 Å². The summed E-state index contributed by atoms with van der Waals surface area (Å²) >= 11 is 0. The van der Waals surface area contributed by atoms with Gasteiger partial charge >= 0.3 is 0 Å². The topological polar surface area (TPSA) is 17.0 Å². The molecule has 0 aliphatic heterocycles. The molecule has 0 radical (unpaired) electrons. The van der Waals surface area contributed by atoms with Gasteiger partial charge in [-0.2, -0.15) is 0 Å². The molecule has 1 aliphatic rings. The number of aryl methyl sites for hydroxylation is 1. The quantitative estimate of drug-likeness (QED) is 0.151. The van der Waals surface area contributed by atoms with Crippen LogP contribution in [0.3, 0.4) is 0 Å². The monoisotopic (exact) mass is 866 g/mol. The van der Waals surface area contributed by atoms with Crippen LogP contribution in [0.4, 0.5) is 11.4 Å². The van der Waals surface area contributed by atoms with Crippen LogP contribution in [0.1, 0.15) is 17.5 Å². The van der Waals surface area contributed by atoms with E-state index in [2.05, 4.69) is 259 Å². The second kappa shape index (κ2) is 16.6. The van der Waals surface area contributed by atoms with Gasteiger partial charge in [0.25, 0.3) is 0 Å². The molecule has 1 N–H and O–H groups in total. The molecule has 0 unspecified atom stereocenters. The van der Waals surface area contributed by atoms with Gasteiger partial charge < -0.3 is 9.88 Å². The number of nitrogens with one attached hydrogen (secondary N) is 1. The summed E-state index contributed by atoms with van der Waals surface area (Å²) in [6, 6.07) is 86.6. The highest BCUT2D eigenvalue weighted by atomic mass is 15.0. The second-order valence-corrected chi connectivity index (χ2v) is 18.0. The molecule has 0 spiro atoms. The zero-order valence-electron chi connectivity index (χ0n) is 37.5. The molecular formula is C66H46N2. The van der Waals surface area contributed by atoms with E-state index in [1.54, 1.807) is 0 Å². The Balaban J connectivity index is 1.13. The predicted octanol–water partition coefficient (Wildman–Crippen LogP) is 18.1. The van der Waals surface area contributed by atoms with Gasteiger partial charge in [0.2, 0.25) is 0 Å². The van der Waals surface area contributed by atoms with Crippen molar-refractivity contribution in [2.24, 2.45) is 0 Å². The van der Waals surface area contributed by atoms with E-state index in [-0.39, 0.29) is 0 Å². The van der Waals surface area contributed by atoms with Crippen LogP contribution in [0.15, 0.2) is 243 Å². The van der Waals surface area contributed by atoms with Gasteiger partial charge in [0.1, 0.15) is 0 Å². The smallest absolute Gasteiger partial charge is 0.0632 e. The summed E-state index contributed by atoms with van der Waals surface area (Å²) in [6.45, 7) is 0. The number of allylic oxidation sites excluding steroid dienone is 1. The van der Waals surface area contributed by atoms with E-state index < -0.39 is 0 Å². The van der Waals surface area contributed by atoms with E-state index in [9.17, 15) is 0 Å². The number of anilines is 2. The third-order valence-electron chi connectivity index (χ3n) is 14.0. The molecule has 68 heavy (non-hydrogen) atoms. The maximum atomic E-state index is 3.94. The summed E-state index contributed by atoms with van der Waals surface area (Å²) in [5.41, 5.74) is 20.4. The molecule has 11 aromatic carbocycles.